The zero-order valence-corrected chi connectivity index (χ0v) is 15.1. The SMILES string of the molecule is Cc1c(C#N)c(O)n(CCCO)c(=O)c1N=Nc1ccc(S(N)(=O)=O)cc1. The van der Waals surface area contributed by atoms with Crippen LogP contribution < -0.4 is 10.7 Å². The van der Waals surface area contributed by atoms with E-state index in [0.717, 1.165) is 4.57 Å². The lowest BCUT2D eigenvalue weighted by Crippen LogP contribution is -2.22. The molecule has 0 aliphatic rings. The second kappa shape index (κ2) is 8.09. The van der Waals surface area contributed by atoms with Crippen molar-refractivity contribution in [2.75, 3.05) is 6.61 Å². The summed E-state index contributed by atoms with van der Waals surface area (Å²) in [6.45, 7) is 1.26. The summed E-state index contributed by atoms with van der Waals surface area (Å²) in [5, 5.41) is 41.1. The lowest BCUT2D eigenvalue weighted by Gasteiger charge is -2.12. The molecular formula is C16H17N5O5S. The first-order chi connectivity index (χ1) is 12.7. The fraction of sp³-hybridized carbons (Fsp3) is 0.250. The third-order valence-electron chi connectivity index (χ3n) is 3.74. The van der Waals surface area contributed by atoms with E-state index in [1.54, 1.807) is 0 Å². The van der Waals surface area contributed by atoms with Gasteiger partial charge in [0.15, 0.2) is 5.69 Å². The van der Waals surface area contributed by atoms with Crippen molar-refractivity contribution in [2.24, 2.45) is 15.4 Å². The first-order valence-corrected chi connectivity index (χ1v) is 9.27. The fourth-order valence-electron chi connectivity index (χ4n) is 2.30. The van der Waals surface area contributed by atoms with Crippen LogP contribution in [0.25, 0.3) is 0 Å². The molecule has 0 fully saturated rings. The van der Waals surface area contributed by atoms with Crippen LogP contribution in [-0.2, 0) is 16.6 Å². The fourth-order valence-corrected chi connectivity index (χ4v) is 2.82. The summed E-state index contributed by atoms with van der Waals surface area (Å²) in [7, 11) is -3.84. The van der Waals surface area contributed by atoms with E-state index in [2.05, 4.69) is 10.2 Å². The Bertz CT molecular complexity index is 1080. The van der Waals surface area contributed by atoms with Gasteiger partial charge >= 0.3 is 0 Å². The van der Waals surface area contributed by atoms with Crippen molar-refractivity contribution in [2.45, 2.75) is 24.8 Å². The molecular weight excluding hydrogens is 374 g/mol. The number of nitrogens with two attached hydrogens (primary N) is 1. The standard InChI is InChI=1S/C16H17N5O5S/c1-10-13(9-17)15(23)21(7-2-8-22)16(24)14(10)20-19-11-3-5-12(6-4-11)27(18,25)26/h3-6,22-23H,2,7-8H2,1H3,(H2,18,25,26). The van der Waals surface area contributed by atoms with Crippen LogP contribution in [-0.4, -0.2) is 29.8 Å². The number of azo groups is 1. The quantitative estimate of drug-likeness (QED) is 0.624. The van der Waals surface area contributed by atoms with Crippen LogP contribution in [0.4, 0.5) is 11.4 Å². The Morgan fingerprint density at radius 3 is 2.41 bits per heavy atom. The summed E-state index contributed by atoms with van der Waals surface area (Å²) in [6, 6.07) is 7.01. The van der Waals surface area contributed by atoms with Gasteiger partial charge in [-0.1, -0.05) is 0 Å². The molecule has 0 saturated carbocycles. The lowest BCUT2D eigenvalue weighted by atomic mass is 10.1. The molecule has 2 aromatic rings. The number of aromatic hydroxyl groups is 1. The first-order valence-electron chi connectivity index (χ1n) is 7.72. The smallest absolute Gasteiger partial charge is 0.281 e. The number of aromatic nitrogens is 1. The van der Waals surface area contributed by atoms with Crippen LogP contribution in [0.15, 0.2) is 44.2 Å². The number of pyridine rings is 1. The normalized spacial score (nSPS) is 11.6. The van der Waals surface area contributed by atoms with Gasteiger partial charge in [-0.3, -0.25) is 9.36 Å². The second-order valence-electron chi connectivity index (χ2n) is 5.56. The molecule has 0 aliphatic carbocycles. The Morgan fingerprint density at radius 2 is 1.89 bits per heavy atom. The van der Waals surface area contributed by atoms with E-state index in [0.29, 0.717) is 0 Å². The van der Waals surface area contributed by atoms with Crippen molar-refractivity contribution in [3.63, 3.8) is 0 Å². The number of rotatable bonds is 6. The Hall–Kier alpha value is -3.07. The van der Waals surface area contributed by atoms with Crippen LogP contribution in [0.5, 0.6) is 5.88 Å². The van der Waals surface area contributed by atoms with E-state index in [4.69, 9.17) is 10.2 Å². The number of aliphatic hydroxyl groups is 1. The predicted molar refractivity (Wildman–Crippen MR) is 95.5 cm³/mol. The average molecular weight is 391 g/mol. The number of hydrogen-bond donors (Lipinski definition) is 3. The minimum Gasteiger partial charge on any atom is -0.493 e. The zero-order chi connectivity index (χ0) is 20.2. The number of benzene rings is 1. The molecule has 10 nitrogen and oxygen atoms in total. The molecule has 27 heavy (non-hydrogen) atoms. The molecule has 1 aromatic carbocycles. The van der Waals surface area contributed by atoms with E-state index in [1.807, 2.05) is 6.07 Å². The molecule has 0 spiro atoms. The lowest BCUT2D eigenvalue weighted by molar-refractivity contribution is 0.274. The van der Waals surface area contributed by atoms with Crippen molar-refractivity contribution in [1.82, 2.24) is 4.57 Å². The predicted octanol–water partition coefficient (Wildman–Crippen LogP) is 1.18. The van der Waals surface area contributed by atoms with Crippen molar-refractivity contribution in [3.05, 3.63) is 45.7 Å². The monoisotopic (exact) mass is 391 g/mol. The van der Waals surface area contributed by atoms with Gasteiger partial charge in [-0.15, -0.1) is 5.11 Å². The van der Waals surface area contributed by atoms with Gasteiger partial charge in [-0.05, 0) is 37.6 Å². The minimum atomic E-state index is -3.84. The highest BCUT2D eigenvalue weighted by atomic mass is 32.2. The highest BCUT2D eigenvalue weighted by molar-refractivity contribution is 7.89. The van der Waals surface area contributed by atoms with Crippen molar-refractivity contribution < 1.29 is 18.6 Å². The average Bonchev–Trinajstić information content (AvgIpc) is 2.61. The molecule has 0 bridgehead atoms. The molecule has 0 radical (unpaired) electrons. The summed E-state index contributed by atoms with van der Waals surface area (Å²) in [4.78, 5) is 12.5. The first kappa shape index (κ1) is 20.2. The van der Waals surface area contributed by atoms with Gasteiger partial charge in [-0.25, -0.2) is 13.6 Å². The Morgan fingerprint density at radius 1 is 1.26 bits per heavy atom. The van der Waals surface area contributed by atoms with E-state index in [-0.39, 0.29) is 47.0 Å². The maximum absolute atomic E-state index is 12.6. The van der Waals surface area contributed by atoms with Gasteiger partial charge in [0.2, 0.25) is 15.9 Å². The Balaban J connectivity index is 2.50. The third kappa shape index (κ3) is 4.37. The van der Waals surface area contributed by atoms with Crippen LogP contribution in [0, 0.1) is 18.3 Å². The number of sulfonamides is 1. The maximum Gasteiger partial charge on any atom is 0.281 e. The van der Waals surface area contributed by atoms with Crippen molar-refractivity contribution >= 4 is 21.4 Å². The molecule has 0 aliphatic heterocycles. The molecule has 0 saturated heterocycles. The Kier molecular flexibility index (Phi) is 6.06. The van der Waals surface area contributed by atoms with E-state index < -0.39 is 21.5 Å². The number of nitriles is 1. The zero-order valence-electron chi connectivity index (χ0n) is 14.3. The Labute approximate surface area is 154 Å². The molecule has 1 aromatic heterocycles. The third-order valence-corrected chi connectivity index (χ3v) is 4.67. The summed E-state index contributed by atoms with van der Waals surface area (Å²) in [5.41, 5.74) is -0.508. The van der Waals surface area contributed by atoms with Gasteiger partial charge in [0, 0.05) is 18.7 Å². The van der Waals surface area contributed by atoms with Gasteiger partial charge in [0.1, 0.15) is 11.6 Å². The number of primary sulfonamides is 1. The molecule has 0 unspecified atom stereocenters. The van der Waals surface area contributed by atoms with Gasteiger partial charge < -0.3 is 10.2 Å². The van der Waals surface area contributed by atoms with Gasteiger partial charge in [-0.2, -0.15) is 10.4 Å². The molecule has 0 amide bonds. The van der Waals surface area contributed by atoms with E-state index >= 15 is 0 Å². The van der Waals surface area contributed by atoms with Crippen LogP contribution in [0.3, 0.4) is 0 Å². The van der Waals surface area contributed by atoms with Crippen molar-refractivity contribution in [1.29, 1.82) is 5.26 Å². The van der Waals surface area contributed by atoms with Gasteiger partial charge in [0.25, 0.3) is 5.56 Å². The van der Waals surface area contributed by atoms with E-state index in [9.17, 15) is 23.6 Å². The summed E-state index contributed by atoms with van der Waals surface area (Å²) in [5.74, 6) is -0.495. The molecule has 142 valence electrons. The van der Waals surface area contributed by atoms with Crippen LogP contribution in [0.2, 0.25) is 0 Å². The summed E-state index contributed by atoms with van der Waals surface area (Å²) >= 11 is 0. The van der Waals surface area contributed by atoms with Crippen molar-refractivity contribution in [3.8, 4) is 11.9 Å². The number of nitrogens with zero attached hydrogens (tertiary/aromatic N) is 4. The number of aliphatic hydroxyl groups excluding tert-OH is 1. The minimum absolute atomic E-state index is 0.00169. The number of hydrogen-bond acceptors (Lipinski definition) is 8. The van der Waals surface area contributed by atoms with Gasteiger partial charge in [0.05, 0.1) is 10.6 Å². The maximum atomic E-state index is 12.6. The topological polar surface area (TPSA) is 171 Å². The molecule has 0 atom stereocenters. The molecule has 4 N–H and O–H groups in total. The largest absolute Gasteiger partial charge is 0.493 e. The second-order valence-corrected chi connectivity index (χ2v) is 7.12. The van der Waals surface area contributed by atoms with E-state index in [1.165, 1.54) is 31.2 Å². The molecule has 2 rings (SSSR count). The van der Waals surface area contributed by atoms with Crippen LogP contribution in [0.1, 0.15) is 17.5 Å². The summed E-state index contributed by atoms with van der Waals surface area (Å²) < 4.78 is 23.4. The molecule has 1 heterocycles. The molecule has 11 heteroatoms. The van der Waals surface area contributed by atoms with Crippen LogP contribution >= 0.6 is 0 Å². The highest BCUT2D eigenvalue weighted by Crippen LogP contribution is 2.27. The summed E-state index contributed by atoms with van der Waals surface area (Å²) in [6.07, 6.45) is 0.201. The highest BCUT2D eigenvalue weighted by Gasteiger charge is 2.19.